The van der Waals surface area contributed by atoms with Crippen LogP contribution in [0.5, 0.6) is 0 Å². The van der Waals surface area contributed by atoms with Crippen molar-refractivity contribution in [3.8, 4) is 0 Å². The van der Waals surface area contributed by atoms with Crippen molar-refractivity contribution < 1.29 is 22.2 Å². The fraction of sp³-hybridized carbons (Fsp3) is 0.154. The van der Waals surface area contributed by atoms with Crippen LogP contribution >= 0.6 is 0 Å². The van der Waals surface area contributed by atoms with E-state index in [0.717, 1.165) is 12.1 Å². The monoisotopic (exact) mass is 299 g/mol. The van der Waals surface area contributed by atoms with Crippen LogP contribution < -0.4 is 5.32 Å². The maximum absolute atomic E-state index is 13.3. The summed E-state index contributed by atoms with van der Waals surface area (Å²) >= 11 is 0. The van der Waals surface area contributed by atoms with E-state index in [2.05, 4.69) is 5.32 Å². The summed E-state index contributed by atoms with van der Waals surface area (Å²) in [5.74, 6) is -2.13. The first-order valence-electron chi connectivity index (χ1n) is 5.64. The molecule has 0 aliphatic heterocycles. The van der Waals surface area contributed by atoms with Gasteiger partial charge in [-0.05, 0) is 25.1 Å². The van der Waals surface area contributed by atoms with Gasteiger partial charge in [0, 0.05) is 6.07 Å². The molecule has 0 aliphatic rings. The number of rotatable bonds is 4. The first kappa shape index (κ1) is 14.4. The molecule has 0 radical (unpaired) electrons. The van der Waals surface area contributed by atoms with E-state index in [1.54, 1.807) is 6.92 Å². The van der Waals surface area contributed by atoms with Gasteiger partial charge in [0.05, 0.1) is 27.6 Å². The van der Waals surface area contributed by atoms with Crippen LogP contribution in [-0.2, 0) is 15.6 Å². The number of hydrogen-bond donors (Lipinski definition) is 1. The van der Waals surface area contributed by atoms with Crippen molar-refractivity contribution in [2.24, 2.45) is 0 Å². The number of carbonyl (C=O) groups is 1. The Bertz CT molecular complexity index is 669. The Hall–Kier alpha value is -2.02. The number of halogens is 2. The highest BCUT2D eigenvalue weighted by Gasteiger charge is 2.15. The van der Waals surface area contributed by atoms with Gasteiger partial charge in [0.25, 0.3) is 0 Å². The number of anilines is 1. The number of aryl methyl sites for hydroxylation is 1. The lowest BCUT2D eigenvalue weighted by molar-refractivity contribution is -0.113. The zero-order valence-electron chi connectivity index (χ0n) is 10.5. The summed E-state index contributed by atoms with van der Waals surface area (Å²) in [5.41, 5.74) is -0.155. The molecule has 20 heavy (non-hydrogen) atoms. The highest BCUT2D eigenvalue weighted by molar-refractivity contribution is 7.85. The molecule has 0 unspecified atom stereocenters. The van der Waals surface area contributed by atoms with Gasteiger partial charge in [-0.2, -0.15) is 0 Å². The second-order valence-electron chi connectivity index (χ2n) is 4.00. The van der Waals surface area contributed by atoms with Crippen molar-refractivity contribution in [2.75, 3.05) is 11.1 Å². The van der Waals surface area contributed by atoms with Crippen LogP contribution in [0.15, 0.2) is 39.8 Å². The largest absolute Gasteiger partial charge is 0.468 e. The van der Waals surface area contributed by atoms with E-state index in [4.69, 9.17) is 4.42 Å². The lowest BCUT2D eigenvalue weighted by atomic mass is 10.3. The topological polar surface area (TPSA) is 59.3 Å². The summed E-state index contributed by atoms with van der Waals surface area (Å²) in [6.45, 7) is 1.63. The van der Waals surface area contributed by atoms with Crippen LogP contribution in [0, 0.1) is 18.6 Å². The van der Waals surface area contributed by atoms with Crippen LogP contribution in [0.1, 0.15) is 5.76 Å². The van der Waals surface area contributed by atoms with E-state index in [-0.39, 0.29) is 11.4 Å². The van der Waals surface area contributed by atoms with Crippen LogP contribution in [-0.4, -0.2) is 15.9 Å². The molecule has 1 heterocycles. The number of carbonyl (C=O) groups excluding carboxylic acids is 1. The van der Waals surface area contributed by atoms with E-state index in [0.29, 0.717) is 16.7 Å². The first-order valence-corrected chi connectivity index (χ1v) is 6.96. The van der Waals surface area contributed by atoms with Crippen molar-refractivity contribution in [3.63, 3.8) is 0 Å². The predicted octanol–water partition coefficient (Wildman–Crippen LogP) is 2.61. The molecular formula is C13H11F2NO3S. The molecule has 1 aromatic carbocycles. The SMILES string of the molecule is Cc1occc1[S@@](=O)CC(=O)Nc1ccc(F)cc1F. The van der Waals surface area contributed by atoms with Crippen LogP contribution in [0.2, 0.25) is 0 Å². The van der Waals surface area contributed by atoms with Crippen molar-refractivity contribution in [3.05, 3.63) is 47.9 Å². The maximum atomic E-state index is 13.3. The van der Waals surface area contributed by atoms with Gasteiger partial charge in [-0.25, -0.2) is 8.78 Å². The number of nitrogens with one attached hydrogen (secondary N) is 1. The predicted molar refractivity (Wildman–Crippen MR) is 69.7 cm³/mol. The van der Waals surface area contributed by atoms with Gasteiger partial charge in [0.2, 0.25) is 5.91 Å². The zero-order chi connectivity index (χ0) is 14.7. The second kappa shape index (κ2) is 5.96. The van der Waals surface area contributed by atoms with E-state index in [9.17, 15) is 17.8 Å². The fourth-order valence-corrected chi connectivity index (χ4v) is 2.63. The van der Waals surface area contributed by atoms with Crippen LogP contribution in [0.3, 0.4) is 0 Å². The smallest absolute Gasteiger partial charge is 0.237 e. The number of benzene rings is 1. The molecule has 0 spiro atoms. The zero-order valence-corrected chi connectivity index (χ0v) is 11.3. The molecule has 2 aromatic rings. The number of hydrogen-bond acceptors (Lipinski definition) is 3. The molecule has 4 nitrogen and oxygen atoms in total. The normalized spacial score (nSPS) is 12.2. The average Bonchev–Trinajstić information content (AvgIpc) is 2.79. The van der Waals surface area contributed by atoms with Crippen molar-refractivity contribution in [1.29, 1.82) is 0 Å². The molecule has 0 aliphatic carbocycles. The third kappa shape index (κ3) is 3.30. The van der Waals surface area contributed by atoms with Gasteiger partial charge in [-0.1, -0.05) is 0 Å². The minimum Gasteiger partial charge on any atom is -0.468 e. The van der Waals surface area contributed by atoms with Gasteiger partial charge < -0.3 is 9.73 Å². The average molecular weight is 299 g/mol. The summed E-state index contributed by atoms with van der Waals surface area (Å²) in [4.78, 5) is 12.1. The van der Waals surface area contributed by atoms with Crippen molar-refractivity contribution in [2.45, 2.75) is 11.8 Å². The van der Waals surface area contributed by atoms with E-state index < -0.39 is 28.3 Å². The number of furan rings is 1. The lowest BCUT2D eigenvalue weighted by Gasteiger charge is -2.06. The number of amides is 1. The van der Waals surface area contributed by atoms with Gasteiger partial charge in [-0.3, -0.25) is 9.00 Å². The molecule has 1 amide bonds. The van der Waals surface area contributed by atoms with Crippen LogP contribution in [0.4, 0.5) is 14.5 Å². The van der Waals surface area contributed by atoms with Crippen molar-refractivity contribution in [1.82, 2.24) is 0 Å². The second-order valence-corrected chi connectivity index (χ2v) is 5.42. The molecule has 1 aromatic heterocycles. The summed E-state index contributed by atoms with van der Waals surface area (Å²) in [6.07, 6.45) is 1.38. The van der Waals surface area contributed by atoms with E-state index >= 15 is 0 Å². The molecule has 7 heteroatoms. The molecule has 106 valence electrons. The summed E-state index contributed by atoms with van der Waals surface area (Å²) < 4.78 is 42.9. The fourth-order valence-electron chi connectivity index (χ4n) is 1.58. The Balaban J connectivity index is 2.03. The third-order valence-electron chi connectivity index (χ3n) is 2.52. The highest BCUT2D eigenvalue weighted by Crippen LogP contribution is 2.16. The highest BCUT2D eigenvalue weighted by atomic mass is 32.2. The molecule has 0 saturated heterocycles. The molecule has 2 rings (SSSR count). The first-order chi connectivity index (χ1) is 9.47. The van der Waals surface area contributed by atoms with Gasteiger partial charge >= 0.3 is 0 Å². The summed E-state index contributed by atoms with van der Waals surface area (Å²) in [7, 11) is -1.58. The quantitative estimate of drug-likeness (QED) is 0.944. The minimum atomic E-state index is -1.58. The van der Waals surface area contributed by atoms with Gasteiger partial charge in [0.1, 0.15) is 23.1 Å². The maximum Gasteiger partial charge on any atom is 0.237 e. The molecule has 1 atom stereocenters. The molecule has 1 N–H and O–H groups in total. The standard InChI is InChI=1S/C13H11F2NO3S/c1-8-12(4-5-19-8)20(18)7-13(17)16-11-3-2-9(14)6-10(11)15/h2-6H,7H2,1H3,(H,16,17)/t20-/m0/s1. The Morgan fingerprint density at radius 1 is 1.35 bits per heavy atom. The summed E-state index contributed by atoms with van der Waals surface area (Å²) in [6, 6.07) is 4.30. The molecular weight excluding hydrogens is 288 g/mol. The van der Waals surface area contributed by atoms with Crippen molar-refractivity contribution >= 4 is 22.4 Å². The van der Waals surface area contributed by atoms with E-state index in [1.807, 2.05) is 0 Å². The Morgan fingerprint density at radius 2 is 2.10 bits per heavy atom. The van der Waals surface area contributed by atoms with Gasteiger partial charge in [0.15, 0.2) is 0 Å². The van der Waals surface area contributed by atoms with E-state index in [1.165, 1.54) is 12.3 Å². The van der Waals surface area contributed by atoms with Gasteiger partial charge in [-0.15, -0.1) is 0 Å². The molecule has 0 fully saturated rings. The molecule has 0 bridgehead atoms. The third-order valence-corrected chi connectivity index (χ3v) is 3.96. The Kier molecular flexibility index (Phi) is 4.29. The molecule has 0 saturated carbocycles. The minimum absolute atomic E-state index is 0.155. The lowest BCUT2D eigenvalue weighted by Crippen LogP contribution is -2.20. The Labute approximate surface area is 116 Å². The summed E-state index contributed by atoms with van der Waals surface area (Å²) in [5, 5.41) is 2.25. The Morgan fingerprint density at radius 3 is 2.70 bits per heavy atom. The van der Waals surface area contributed by atoms with Crippen LogP contribution in [0.25, 0.3) is 0 Å².